The monoisotopic (exact) mass is 645 g/mol. The van der Waals surface area contributed by atoms with Gasteiger partial charge in [-0.05, 0) is 44.9 Å². The average molecular weight is 646 g/mol. The maximum atomic E-state index is 15.0. The number of benzene rings is 2. The number of amides is 1. The van der Waals surface area contributed by atoms with Gasteiger partial charge >= 0.3 is 0 Å². The zero-order chi connectivity index (χ0) is 33.1. The van der Waals surface area contributed by atoms with Crippen molar-refractivity contribution >= 4 is 28.3 Å². The molecule has 47 heavy (non-hydrogen) atoms. The average Bonchev–Trinajstić information content (AvgIpc) is 3.40. The summed E-state index contributed by atoms with van der Waals surface area (Å²) in [4.78, 5) is 27.4. The molecule has 1 amide bonds. The zero-order valence-electron chi connectivity index (χ0n) is 26.3. The van der Waals surface area contributed by atoms with E-state index in [9.17, 15) is 9.18 Å². The predicted octanol–water partition coefficient (Wildman–Crippen LogP) is 6.31. The van der Waals surface area contributed by atoms with Crippen molar-refractivity contribution in [3.63, 3.8) is 0 Å². The van der Waals surface area contributed by atoms with Gasteiger partial charge < -0.3 is 19.7 Å². The lowest BCUT2D eigenvalue weighted by Crippen LogP contribution is -2.51. The van der Waals surface area contributed by atoms with Crippen molar-refractivity contribution in [3.8, 4) is 23.0 Å². The fraction of sp³-hybridized carbons (Fsp3) is 0.324. The summed E-state index contributed by atoms with van der Waals surface area (Å²) in [6.45, 7) is 6.13. The molecule has 0 atom stereocenters. The summed E-state index contributed by atoms with van der Waals surface area (Å²) < 4.78 is 56.0. The van der Waals surface area contributed by atoms with E-state index in [1.165, 1.54) is 15.8 Å². The first-order valence-corrected chi connectivity index (χ1v) is 15.4. The van der Waals surface area contributed by atoms with Gasteiger partial charge in [-0.25, -0.2) is 23.1 Å². The number of rotatable bonds is 12. The van der Waals surface area contributed by atoms with Crippen LogP contribution < -0.4 is 14.8 Å². The summed E-state index contributed by atoms with van der Waals surface area (Å²) in [6.07, 6.45) is 2.99. The molecule has 1 N–H and O–H groups in total. The minimum absolute atomic E-state index is 0.109. The number of carbonyl (C=O) groups is 1. The largest absolute Gasteiger partial charge is 0.494 e. The first-order chi connectivity index (χ1) is 22.7. The molecule has 4 heterocycles. The molecule has 3 aromatic heterocycles. The second-order valence-electron chi connectivity index (χ2n) is 11.3. The fourth-order valence-corrected chi connectivity index (χ4v) is 5.31. The first-order valence-electron chi connectivity index (χ1n) is 15.4. The maximum absolute atomic E-state index is 15.0. The first kappa shape index (κ1) is 31.8. The molecule has 1 saturated heterocycles. The molecule has 2 aromatic carbocycles. The molecule has 5 aromatic rings. The van der Waals surface area contributed by atoms with Gasteiger partial charge in [-0.15, -0.1) is 0 Å². The van der Waals surface area contributed by atoms with Crippen LogP contribution in [0, 0.1) is 25.5 Å². The molecule has 0 spiro atoms. The number of fused-ring (bicyclic) bond motifs is 1. The van der Waals surface area contributed by atoms with E-state index in [1.807, 2.05) is 44.2 Å². The molecule has 0 bridgehead atoms. The van der Waals surface area contributed by atoms with Gasteiger partial charge in [0.05, 0.1) is 44.6 Å². The molecule has 1 aliphatic heterocycles. The van der Waals surface area contributed by atoms with Crippen LogP contribution in [0.3, 0.4) is 0 Å². The third-order valence-electron chi connectivity index (χ3n) is 7.83. The standard InChI is InChI=1S/C34H34F3N7O3/c1-4-46-23-13-26(36)25(27(37)14-23)19-44-29-9-6-5-8-24(29)32(42-44)34-39-16-30(47-11-7-10-31(45)43-17-22(35)18-43)33(41-34)40-28-12-21(3)38-15-20(28)2/h5-6,8-9,12-16,22H,4,7,10-11,17-19H2,1-3H3,(H,38,39,40,41). The van der Waals surface area contributed by atoms with Crippen LogP contribution in [-0.4, -0.2) is 68.0 Å². The van der Waals surface area contributed by atoms with Crippen molar-refractivity contribution < 1.29 is 27.4 Å². The van der Waals surface area contributed by atoms with Crippen molar-refractivity contribution in [2.45, 2.75) is 46.3 Å². The molecule has 6 rings (SSSR count). The Labute approximate surface area is 269 Å². The van der Waals surface area contributed by atoms with E-state index in [-0.39, 0.29) is 62.3 Å². The Morgan fingerprint density at radius 2 is 1.81 bits per heavy atom. The number of carbonyl (C=O) groups excluding carboxylic acids is 1. The van der Waals surface area contributed by atoms with Gasteiger partial charge in [0.1, 0.15) is 29.2 Å². The molecule has 13 heteroatoms. The van der Waals surface area contributed by atoms with Gasteiger partial charge in [0, 0.05) is 47.1 Å². The third-order valence-corrected chi connectivity index (χ3v) is 7.83. The molecule has 1 fully saturated rings. The number of nitrogens with zero attached hydrogens (tertiary/aromatic N) is 6. The normalized spacial score (nSPS) is 13.1. The Balaban J connectivity index is 1.31. The van der Waals surface area contributed by atoms with Gasteiger partial charge in [-0.2, -0.15) is 5.10 Å². The third kappa shape index (κ3) is 6.98. The number of ether oxygens (including phenoxy) is 2. The molecule has 244 valence electrons. The van der Waals surface area contributed by atoms with Crippen molar-refractivity contribution in [2.24, 2.45) is 0 Å². The Bertz CT molecular complexity index is 1900. The van der Waals surface area contributed by atoms with E-state index in [1.54, 1.807) is 13.1 Å². The number of alkyl halides is 1. The highest BCUT2D eigenvalue weighted by Crippen LogP contribution is 2.33. The summed E-state index contributed by atoms with van der Waals surface area (Å²) in [5.41, 5.74) is 3.34. The molecule has 0 saturated carbocycles. The molecular weight excluding hydrogens is 611 g/mol. The van der Waals surface area contributed by atoms with E-state index in [4.69, 9.17) is 19.6 Å². The highest BCUT2D eigenvalue weighted by molar-refractivity contribution is 5.92. The summed E-state index contributed by atoms with van der Waals surface area (Å²) >= 11 is 0. The molecule has 0 unspecified atom stereocenters. The van der Waals surface area contributed by atoms with E-state index in [0.29, 0.717) is 34.6 Å². The lowest BCUT2D eigenvalue weighted by molar-refractivity contribution is -0.138. The summed E-state index contributed by atoms with van der Waals surface area (Å²) in [5.74, 6) is -0.488. The quantitative estimate of drug-likeness (QED) is 0.157. The van der Waals surface area contributed by atoms with Crippen molar-refractivity contribution in [3.05, 3.63) is 83.3 Å². The molecule has 1 aliphatic rings. The van der Waals surface area contributed by atoms with Crippen molar-refractivity contribution in [1.29, 1.82) is 0 Å². The number of likely N-dealkylation sites (tertiary alicyclic amines) is 1. The zero-order valence-corrected chi connectivity index (χ0v) is 26.3. The number of pyridine rings is 1. The van der Waals surface area contributed by atoms with Crippen molar-refractivity contribution in [2.75, 3.05) is 31.6 Å². The highest BCUT2D eigenvalue weighted by atomic mass is 19.1. The van der Waals surface area contributed by atoms with E-state index < -0.39 is 17.8 Å². The predicted molar refractivity (Wildman–Crippen MR) is 171 cm³/mol. The molecule has 10 nitrogen and oxygen atoms in total. The van der Waals surface area contributed by atoms with Crippen molar-refractivity contribution in [1.82, 2.24) is 29.6 Å². The van der Waals surface area contributed by atoms with Gasteiger partial charge in [-0.1, -0.05) is 18.2 Å². The number of anilines is 2. The van der Waals surface area contributed by atoms with E-state index >= 15 is 8.78 Å². The van der Waals surface area contributed by atoms with Crippen LogP contribution in [0.25, 0.3) is 22.4 Å². The topological polar surface area (TPSA) is 107 Å². The van der Waals surface area contributed by atoms with Gasteiger partial charge in [0.2, 0.25) is 5.91 Å². The number of aryl methyl sites for hydroxylation is 2. The van der Waals surface area contributed by atoms with E-state index in [2.05, 4.69) is 15.3 Å². The van der Waals surface area contributed by atoms with E-state index in [0.717, 1.165) is 29.1 Å². The van der Waals surface area contributed by atoms with Crippen LogP contribution in [0.15, 0.2) is 54.9 Å². The molecular formula is C34H34F3N7O3. The second-order valence-corrected chi connectivity index (χ2v) is 11.3. The SMILES string of the molecule is CCOc1cc(F)c(Cn2nc(-c3ncc(OCCCC(=O)N4CC(F)C4)c(Nc4cc(C)ncc4C)n3)c3ccccc32)c(F)c1. The van der Waals surface area contributed by atoms with Crippen LogP contribution in [0.2, 0.25) is 0 Å². The Hall–Kier alpha value is -5.20. The van der Waals surface area contributed by atoms with Crippen LogP contribution in [0.5, 0.6) is 11.5 Å². The van der Waals surface area contributed by atoms with Crippen LogP contribution in [0.4, 0.5) is 24.7 Å². The summed E-state index contributed by atoms with van der Waals surface area (Å²) in [5, 5.41) is 8.73. The number of aromatic nitrogens is 5. The Kier molecular flexibility index (Phi) is 9.23. The number of halogens is 3. The Morgan fingerprint density at radius 3 is 2.55 bits per heavy atom. The lowest BCUT2D eigenvalue weighted by Gasteiger charge is -2.34. The number of nitrogens with one attached hydrogen (secondary N) is 1. The van der Waals surface area contributed by atoms with Gasteiger partial charge in [0.25, 0.3) is 0 Å². The maximum Gasteiger partial charge on any atom is 0.222 e. The number of para-hydroxylation sites is 1. The van der Waals surface area contributed by atoms with Crippen LogP contribution >= 0.6 is 0 Å². The molecule has 0 radical (unpaired) electrons. The minimum Gasteiger partial charge on any atom is -0.494 e. The Morgan fingerprint density at radius 1 is 1.04 bits per heavy atom. The minimum atomic E-state index is -0.946. The van der Waals surface area contributed by atoms with Gasteiger partial charge in [-0.3, -0.25) is 14.5 Å². The molecule has 0 aliphatic carbocycles. The van der Waals surface area contributed by atoms with Crippen LogP contribution in [0.1, 0.15) is 36.6 Å². The van der Waals surface area contributed by atoms with Gasteiger partial charge in [0.15, 0.2) is 17.4 Å². The summed E-state index contributed by atoms with van der Waals surface area (Å²) in [6, 6.07) is 11.5. The number of hydrogen-bond donors (Lipinski definition) is 1. The lowest BCUT2D eigenvalue weighted by atomic mass is 10.1. The second kappa shape index (κ2) is 13.7. The fourth-order valence-electron chi connectivity index (χ4n) is 5.31. The summed E-state index contributed by atoms with van der Waals surface area (Å²) in [7, 11) is 0. The highest BCUT2D eigenvalue weighted by Gasteiger charge is 2.29. The smallest absolute Gasteiger partial charge is 0.222 e. The van der Waals surface area contributed by atoms with Crippen LogP contribution in [-0.2, 0) is 11.3 Å². The number of hydrogen-bond acceptors (Lipinski definition) is 8.